The van der Waals surface area contributed by atoms with E-state index in [9.17, 15) is 4.79 Å². The van der Waals surface area contributed by atoms with E-state index < -0.39 is 5.97 Å². The van der Waals surface area contributed by atoms with Crippen LogP contribution >= 0.6 is 0 Å². The fourth-order valence-electron chi connectivity index (χ4n) is 3.04. The summed E-state index contributed by atoms with van der Waals surface area (Å²) < 4.78 is 10.2. The third-order valence-corrected chi connectivity index (χ3v) is 4.29. The Bertz CT molecular complexity index is 441. The molecule has 0 saturated heterocycles. The Kier molecular flexibility index (Phi) is 5.24. The molecule has 3 unspecified atom stereocenters. The predicted molar refractivity (Wildman–Crippen MR) is 77.6 cm³/mol. The third kappa shape index (κ3) is 3.63. The van der Waals surface area contributed by atoms with Crippen molar-refractivity contribution in [3.05, 3.63) is 23.7 Å². The number of carbonyl (C=O) groups is 1. The van der Waals surface area contributed by atoms with Gasteiger partial charge in [0.05, 0.1) is 13.2 Å². The second kappa shape index (κ2) is 6.93. The number of furan rings is 1. The molecule has 4 heteroatoms. The van der Waals surface area contributed by atoms with Gasteiger partial charge in [-0.05, 0) is 37.8 Å². The number of hydrogen-bond acceptors (Lipinski definition) is 4. The fraction of sp³-hybridized carbons (Fsp3) is 0.688. The summed E-state index contributed by atoms with van der Waals surface area (Å²) in [6, 6.07) is 4.20. The number of hydrogen-bond donors (Lipinski definition) is 1. The van der Waals surface area contributed by atoms with Gasteiger partial charge in [0.15, 0.2) is 0 Å². The Morgan fingerprint density at radius 3 is 3.00 bits per heavy atom. The van der Waals surface area contributed by atoms with Gasteiger partial charge in [-0.2, -0.15) is 0 Å². The highest BCUT2D eigenvalue weighted by Crippen LogP contribution is 2.28. The summed E-state index contributed by atoms with van der Waals surface area (Å²) in [5.41, 5.74) is 0. The van der Waals surface area contributed by atoms with Gasteiger partial charge in [0.1, 0.15) is 5.76 Å². The molecule has 2 rings (SSSR count). The van der Waals surface area contributed by atoms with E-state index in [1.54, 1.807) is 6.07 Å². The van der Waals surface area contributed by atoms with Crippen molar-refractivity contribution in [2.75, 3.05) is 7.11 Å². The lowest BCUT2D eigenvalue weighted by Gasteiger charge is -2.31. The summed E-state index contributed by atoms with van der Waals surface area (Å²) in [5, 5.41) is 3.62. The molecule has 3 atom stereocenters. The van der Waals surface area contributed by atoms with Crippen LogP contribution in [0.4, 0.5) is 0 Å². The van der Waals surface area contributed by atoms with Crippen LogP contribution in [0, 0.1) is 5.92 Å². The lowest BCUT2D eigenvalue weighted by molar-refractivity contribution is 0.0562. The lowest BCUT2D eigenvalue weighted by atomic mass is 9.84. The molecular weight excluding hydrogens is 254 g/mol. The molecule has 1 aliphatic rings. The van der Waals surface area contributed by atoms with Gasteiger partial charge >= 0.3 is 5.97 Å². The Morgan fingerprint density at radius 2 is 2.30 bits per heavy atom. The van der Waals surface area contributed by atoms with Crippen LogP contribution in [0.1, 0.15) is 68.3 Å². The Balaban J connectivity index is 1.92. The van der Waals surface area contributed by atoms with E-state index in [1.165, 1.54) is 39.2 Å². The van der Waals surface area contributed by atoms with Crippen molar-refractivity contribution in [2.24, 2.45) is 5.92 Å². The van der Waals surface area contributed by atoms with Crippen molar-refractivity contribution in [1.29, 1.82) is 0 Å². The van der Waals surface area contributed by atoms with Gasteiger partial charge in [-0.3, -0.25) is 0 Å². The maximum absolute atomic E-state index is 11.4. The second-order valence-corrected chi connectivity index (χ2v) is 5.72. The first-order valence-corrected chi connectivity index (χ1v) is 7.58. The fourth-order valence-corrected chi connectivity index (χ4v) is 3.04. The van der Waals surface area contributed by atoms with E-state index in [1.807, 2.05) is 6.07 Å². The third-order valence-electron chi connectivity index (χ3n) is 4.29. The summed E-state index contributed by atoms with van der Waals surface area (Å²) in [5.74, 6) is 1.48. The maximum Gasteiger partial charge on any atom is 0.373 e. The van der Waals surface area contributed by atoms with Gasteiger partial charge < -0.3 is 14.5 Å². The number of nitrogens with one attached hydrogen (secondary N) is 1. The van der Waals surface area contributed by atoms with Crippen LogP contribution in [0.15, 0.2) is 16.5 Å². The summed E-state index contributed by atoms with van der Waals surface area (Å²) in [6.45, 7) is 4.35. The average Bonchev–Trinajstić information content (AvgIpc) is 2.96. The zero-order chi connectivity index (χ0) is 14.5. The number of methoxy groups -OCH3 is 1. The standard InChI is InChI=1S/C16H25NO3/c1-4-12-6-5-7-13(10-12)17-11(2)14-8-9-15(20-14)16(18)19-3/h8-9,11-13,17H,4-7,10H2,1-3H3. The number of esters is 1. The largest absolute Gasteiger partial charge is 0.463 e. The average molecular weight is 279 g/mol. The molecule has 112 valence electrons. The number of carbonyl (C=O) groups excluding carboxylic acids is 1. The van der Waals surface area contributed by atoms with Crippen molar-refractivity contribution in [1.82, 2.24) is 5.32 Å². The topological polar surface area (TPSA) is 51.5 Å². The van der Waals surface area contributed by atoms with E-state index in [4.69, 9.17) is 4.42 Å². The van der Waals surface area contributed by atoms with Crippen LogP contribution in [0.25, 0.3) is 0 Å². The first-order chi connectivity index (χ1) is 9.63. The molecule has 0 radical (unpaired) electrons. The predicted octanol–water partition coefficient (Wildman–Crippen LogP) is 3.69. The highest BCUT2D eigenvalue weighted by Gasteiger charge is 2.23. The van der Waals surface area contributed by atoms with E-state index in [0.29, 0.717) is 6.04 Å². The monoisotopic (exact) mass is 279 g/mol. The number of rotatable bonds is 5. The van der Waals surface area contributed by atoms with Crippen molar-refractivity contribution < 1.29 is 13.9 Å². The van der Waals surface area contributed by atoms with Crippen molar-refractivity contribution >= 4 is 5.97 Å². The summed E-state index contributed by atoms with van der Waals surface area (Å²) >= 11 is 0. The minimum Gasteiger partial charge on any atom is -0.463 e. The SMILES string of the molecule is CCC1CCCC(NC(C)c2ccc(C(=O)OC)o2)C1. The van der Waals surface area contributed by atoms with Gasteiger partial charge in [-0.15, -0.1) is 0 Å². The summed E-state index contributed by atoms with van der Waals surface area (Å²) in [4.78, 5) is 11.4. The van der Waals surface area contributed by atoms with Crippen molar-refractivity contribution in [3.63, 3.8) is 0 Å². The number of ether oxygens (including phenoxy) is 1. The normalized spacial score (nSPS) is 24.4. The van der Waals surface area contributed by atoms with Crippen LogP contribution in [0.2, 0.25) is 0 Å². The van der Waals surface area contributed by atoms with Crippen LogP contribution in [0.5, 0.6) is 0 Å². The zero-order valence-corrected chi connectivity index (χ0v) is 12.6. The van der Waals surface area contributed by atoms with Crippen LogP contribution in [0.3, 0.4) is 0 Å². The summed E-state index contributed by atoms with van der Waals surface area (Å²) in [6.07, 6.45) is 6.39. The lowest BCUT2D eigenvalue weighted by Crippen LogP contribution is -2.35. The second-order valence-electron chi connectivity index (χ2n) is 5.72. The van der Waals surface area contributed by atoms with Gasteiger partial charge in [-0.25, -0.2) is 4.79 Å². The molecule has 1 aliphatic carbocycles. The Labute approximate surface area is 120 Å². The maximum atomic E-state index is 11.4. The molecule has 20 heavy (non-hydrogen) atoms. The van der Waals surface area contributed by atoms with E-state index in [0.717, 1.165) is 11.7 Å². The minimum absolute atomic E-state index is 0.119. The van der Waals surface area contributed by atoms with E-state index in [2.05, 4.69) is 23.9 Å². The molecule has 1 saturated carbocycles. The van der Waals surface area contributed by atoms with E-state index in [-0.39, 0.29) is 11.8 Å². The molecule has 0 spiro atoms. The van der Waals surface area contributed by atoms with Gasteiger partial charge in [0, 0.05) is 6.04 Å². The molecular formula is C16H25NO3. The molecule has 0 aliphatic heterocycles. The first kappa shape index (κ1) is 15.1. The molecule has 1 fully saturated rings. The molecule has 0 amide bonds. The highest BCUT2D eigenvalue weighted by molar-refractivity contribution is 5.86. The van der Waals surface area contributed by atoms with Crippen LogP contribution < -0.4 is 5.32 Å². The van der Waals surface area contributed by atoms with Gasteiger partial charge in [-0.1, -0.05) is 26.2 Å². The van der Waals surface area contributed by atoms with Crippen molar-refractivity contribution in [2.45, 2.75) is 58.0 Å². The summed E-state index contributed by atoms with van der Waals surface area (Å²) in [7, 11) is 1.36. The zero-order valence-electron chi connectivity index (χ0n) is 12.6. The Hall–Kier alpha value is -1.29. The van der Waals surface area contributed by atoms with Gasteiger partial charge in [0.2, 0.25) is 5.76 Å². The van der Waals surface area contributed by atoms with Crippen LogP contribution in [-0.2, 0) is 4.74 Å². The molecule has 1 heterocycles. The quantitative estimate of drug-likeness (QED) is 0.835. The molecule has 1 aromatic rings. The molecule has 0 aromatic carbocycles. The molecule has 1 N–H and O–H groups in total. The first-order valence-electron chi connectivity index (χ1n) is 7.58. The molecule has 1 aromatic heterocycles. The van der Waals surface area contributed by atoms with Crippen molar-refractivity contribution in [3.8, 4) is 0 Å². The van der Waals surface area contributed by atoms with E-state index >= 15 is 0 Å². The Morgan fingerprint density at radius 1 is 1.50 bits per heavy atom. The minimum atomic E-state index is -0.424. The molecule has 4 nitrogen and oxygen atoms in total. The molecule has 0 bridgehead atoms. The van der Waals surface area contributed by atoms with Gasteiger partial charge in [0.25, 0.3) is 0 Å². The smallest absolute Gasteiger partial charge is 0.373 e. The highest BCUT2D eigenvalue weighted by atomic mass is 16.5. The van der Waals surface area contributed by atoms with Crippen LogP contribution in [-0.4, -0.2) is 19.1 Å².